The molecular formula is C15H20N4O. The smallest absolute Gasteiger partial charge is 0.221 e. The highest BCUT2D eigenvalue weighted by molar-refractivity contribution is 5.76. The fourth-order valence-corrected chi connectivity index (χ4v) is 2.10. The van der Waals surface area contributed by atoms with Gasteiger partial charge in [0.2, 0.25) is 5.91 Å². The van der Waals surface area contributed by atoms with E-state index in [1.54, 1.807) is 6.20 Å². The summed E-state index contributed by atoms with van der Waals surface area (Å²) >= 11 is 0. The molecule has 106 valence electrons. The van der Waals surface area contributed by atoms with E-state index in [1.807, 2.05) is 55.2 Å². The molecule has 1 amide bonds. The number of amides is 1. The number of nitrogens with zero attached hydrogens (tertiary/aromatic N) is 2. The van der Waals surface area contributed by atoms with Crippen molar-refractivity contribution in [1.82, 2.24) is 20.4 Å². The number of aromatic nitrogens is 2. The molecule has 0 radical (unpaired) electrons. The standard InChI is InChI=1S/C15H20N4O/c1-12(18-15(20)8-10-16-2)13-6-3-4-7-14(13)19-11-5-9-17-19/h3-7,9,11-12,16H,8,10H2,1-2H3,(H,18,20). The molecule has 0 aliphatic heterocycles. The first-order valence-corrected chi connectivity index (χ1v) is 6.75. The number of hydrogen-bond donors (Lipinski definition) is 2. The van der Waals surface area contributed by atoms with Gasteiger partial charge < -0.3 is 10.6 Å². The van der Waals surface area contributed by atoms with Crippen LogP contribution in [0.2, 0.25) is 0 Å². The van der Waals surface area contributed by atoms with Gasteiger partial charge in [0, 0.05) is 25.4 Å². The van der Waals surface area contributed by atoms with Crippen molar-refractivity contribution in [3.8, 4) is 5.69 Å². The summed E-state index contributed by atoms with van der Waals surface area (Å²) < 4.78 is 1.81. The Bertz CT molecular complexity index is 551. The van der Waals surface area contributed by atoms with Crippen LogP contribution in [0.1, 0.15) is 24.9 Å². The van der Waals surface area contributed by atoms with E-state index in [0.29, 0.717) is 13.0 Å². The van der Waals surface area contributed by atoms with E-state index in [1.165, 1.54) is 0 Å². The van der Waals surface area contributed by atoms with Crippen LogP contribution in [0, 0.1) is 0 Å². The van der Waals surface area contributed by atoms with E-state index < -0.39 is 0 Å². The zero-order valence-corrected chi connectivity index (χ0v) is 11.8. The molecule has 0 saturated carbocycles. The van der Waals surface area contributed by atoms with Crippen LogP contribution in [0.3, 0.4) is 0 Å². The minimum Gasteiger partial charge on any atom is -0.349 e. The van der Waals surface area contributed by atoms with Crippen molar-refractivity contribution in [1.29, 1.82) is 0 Å². The van der Waals surface area contributed by atoms with E-state index in [4.69, 9.17) is 0 Å². The maximum absolute atomic E-state index is 11.8. The number of benzene rings is 1. The van der Waals surface area contributed by atoms with E-state index in [-0.39, 0.29) is 11.9 Å². The zero-order chi connectivity index (χ0) is 14.4. The zero-order valence-electron chi connectivity index (χ0n) is 11.8. The Kier molecular flexibility index (Phi) is 4.90. The second-order valence-corrected chi connectivity index (χ2v) is 4.65. The summed E-state index contributed by atoms with van der Waals surface area (Å²) in [5, 5.41) is 10.2. The molecule has 0 saturated heterocycles. The number of carbonyl (C=O) groups is 1. The van der Waals surface area contributed by atoms with Crippen LogP contribution >= 0.6 is 0 Å². The minimum atomic E-state index is -0.0558. The summed E-state index contributed by atoms with van der Waals surface area (Å²) in [5.41, 5.74) is 2.04. The minimum absolute atomic E-state index is 0.0436. The van der Waals surface area contributed by atoms with Gasteiger partial charge in [-0.2, -0.15) is 5.10 Å². The molecule has 20 heavy (non-hydrogen) atoms. The number of para-hydroxylation sites is 1. The molecule has 2 rings (SSSR count). The van der Waals surface area contributed by atoms with Crippen LogP contribution in [-0.4, -0.2) is 29.3 Å². The van der Waals surface area contributed by atoms with Crippen molar-refractivity contribution < 1.29 is 4.79 Å². The lowest BCUT2D eigenvalue weighted by molar-refractivity contribution is -0.121. The van der Waals surface area contributed by atoms with Gasteiger partial charge in [-0.3, -0.25) is 4.79 Å². The van der Waals surface area contributed by atoms with Gasteiger partial charge >= 0.3 is 0 Å². The molecule has 1 heterocycles. The second kappa shape index (κ2) is 6.86. The van der Waals surface area contributed by atoms with Crippen molar-refractivity contribution in [3.63, 3.8) is 0 Å². The first-order valence-electron chi connectivity index (χ1n) is 6.75. The first kappa shape index (κ1) is 14.3. The van der Waals surface area contributed by atoms with Crippen molar-refractivity contribution in [2.75, 3.05) is 13.6 Å². The average molecular weight is 272 g/mol. The van der Waals surface area contributed by atoms with Gasteiger partial charge in [-0.05, 0) is 31.7 Å². The van der Waals surface area contributed by atoms with Crippen molar-refractivity contribution >= 4 is 5.91 Å². The van der Waals surface area contributed by atoms with Gasteiger partial charge in [0.05, 0.1) is 11.7 Å². The van der Waals surface area contributed by atoms with Crippen molar-refractivity contribution in [3.05, 3.63) is 48.3 Å². The lowest BCUT2D eigenvalue weighted by Crippen LogP contribution is -2.29. The quantitative estimate of drug-likeness (QED) is 0.841. The lowest BCUT2D eigenvalue weighted by atomic mass is 10.1. The second-order valence-electron chi connectivity index (χ2n) is 4.65. The summed E-state index contributed by atoms with van der Waals surface area (Å²) in [6, 6.07) is 9.78. The van der Waals surface area contributed by atoms with E-state index in [9.17, 15) is 4.79 Å². The number of nitrogens with one attached hydrogen (secondary N) is 2. The van der Waals surface area contributed by atoms with Crippen LogP contribution in [-0.2, 0) is 4.79 Å². The average Bonchev–Trinajstić information content (AvgIpc) is 2.99. The Hall–Kier alpha value is -2.14. The van der Waals surface area contributed by atoms with Crippen molar-refractivity contribution in [2.45, 2.75) is 19.4 Å². The van der Waals surface area contributed by atoms with E-state index in [0.717, 1.165) is 11.3 Å². The predicted octanol–water partition coefficient (Wildman–Crippen LogP) is 1.66. The normalized spacial score (nSPS) is 12.1. The molecule has 0 aliphatic carbocycles. The molecule has 0 fully saturated rings. The van der Waals surface area contributed by atoms with E-state index >= 15 is 0 Å². The summed E-state index contributed by atoms with van der Waals surface area (Å²) in [7, 11) is 1.84. The molecule has 5 heteroatoms. The molecule has 0 aliphatic rings. The van der Waals surface area contributed by atoms with Crippen LogP contribution in [0.15, 0.2) is 42.7 Å². The largest absolute Gasteiger partial charge is 0.349 e. The summed E-state index contributed by atoms with van der Waals surface area (Å²) in [4.78, 5) is 11.8. The van der Waals surface area contributed by atoms with Crippen LogP contribution < -0.4 is 10.6 Å². The van der Waals surface area contributed by atoms with Gasteiger partial charge in [0.15, 0.2) is 0 Å². The molecule has 2 aromatic rings. The SMILES string of the molecule is CNCCC(=O)NC(C)c1ccccc1-n1cccn1. The van der Waals surface area contributed by atoms with Gasteiger partial charge in [-0.15, -0.1) is 0 Å². The molecule has 0 bridgehead atoms. The molecule has 1 aromatic heterocycles. The van der Waals surface area contributed by atoms with Gasteiger partial charge in [-0.25, -0.2) is 4.68 Å². The van der Waals surface area contributed by atoms with Gasteiger partial charge in [0.1, 0.15) is 0 Å². The van der Waals surface area contributed by atoms with Gasteiger partial charge in [0.25, 0.3) is 0 Å². The Morgan fingerprint density at radius 2 is 2.15 bits per heavy atom. The highest BCUT2D eigenvalue weighted by Gasteiger charge is 2.13. The third-order valence-corrected chi connectivity index (χ3v) is 3.13. The lowest BCUT2D eigenvalue weighted by Gasteiger charge is -2.18. The molecule has 1 unspecified atom stereocenters. The predicted molar refractivity (Wildman–Crippen MR) is 78.7 cm³/mol. The number of carbonyl (C=O) groups excluding carboxylic acids is 1. The van der Waals surface area contributed by atoms with E-state index in [2.05, 4.69) is 15.7 Å². The Morgan fingerprint density at radius 1 is 1.35 bits per heavy atom. The Balaban J connectivity index is 2.14. The molecular weight excluding hydrogens is 252 g/mol. The monoisotopic (exact) mass is 272 g/mol. The van der Waals surface area contributed by atoms with Crippen LogP contribution in [0.25, 0.3) is 5.69 Å². The maximum Gasteiger partial charge on any atom is 0.221 e. The Labute approximate surface area is 119 Å². The molecule has 5 nitrogen and oxygen atoms in total. The molecule has 0 spiro atoms. The molecule has 1 aromatic carbocycles. The Morgan fingerprint density at radius 3 is 2.85 bits per heavy atom. The van der Waals surface area contributed by atoms with Crippen LogP contribution in [0.5, 0.6) is 0 Å². The maximum atomic E-state index is 11.8. The third kappa shape index (κ3) is 3.45. The first-order chi connectivity index (χ1) is 9.72. The van der Waals surface area contributed by atoms with Crippen LogP contribution in [0.4, 0.5) is 0 Å². The number of rotatable bonds is 6. The summed E-state index contributed by atoms with van der Waals surface area (Å²) in [6.45, 7) is 2.67. The molecule has 1 atom stereocenters. The highest BCUT2D eigenvalue weighted by atomic mass is 16.1. The highest BCUT2D eigenvalue weighted by Crippen LogP contribution is 2.20. The number of hydrogen-bond acceptors (Lipinski definition) is 3. The molecule has 2 N–H and O–H groups in total. The fraction of sp³-hybridized carbons (Fsp3) is 0.333. The summed E-state index contributed by atoms with van der Waals surface area (Å²) in [6.07, 6.45) is 4.12. The van der Waals surface area contributed by atoms with Gasteiger partial charge in [-0.1, -0.05) is 18.2 Å². The summed E-state index contributed by atoms with van der Waals surface area (Å²) in [5.74, 6) is 0.0436. The fourth-order valence-electron chi connectivity index (χ4n) is 2.10. The topological polar surface area (TPSA) is 59.0 Å². The third-order valence-electron chi connectivity index (χ3n) is 3.13. The van der Waals surface area contributed by atoms with Crippen molar-refractivity contribution in [2.24, 2.45) is 0 Å².